The van der Waals surface area contributed by atoms with Crippen LogP contribution in [0.2, 0.25) is 0 Å². The third kappa shape index (κ3) is 3.58. The van der Waals surface area contributed by atoms with Crippen LogP contribution in [-0.4, -0.2) is 12.2 Å². The Bertz CT molecular complexity index is 551. The molecule has 0 fully saturated rings. The predicted molar refractivity (Wildman–Crippen MR) is 83.4 cm³/mol. The maximum absolute atomic E-state index is 9.12. The van der Waals surface area contributed by atoms with E-state index in [1.165, 1.54) is 11.1 Å². The van der Waals surface area contributed by atoms with E-state index in [0.29, 0.717) is 0 Å². The van der Waals surface area contributed by atoms with Crippen LogP contribution in [0.1, 0.15) is 16.7 Å². The van der Waals surface area contributed by atoms with E-state index in [0.717, 1.165) is 22.3 Å². The molecule has 0 unspecified atom stereocenters. The lowest BCUT2D eigenvalue weighted by Gasteiger charge is -2.21. The summed E-state index contributed by atoms with van der Waals surface area (Å²) in [6.07, 6.45) is 0. The second-order valence-corrected chi connectivity index (χ2v) is 5.64. The Labute approximate surface area is 122 Å². The van der Waals surface area contributed by atoms with Gasteiger partial charge in [0.25, 0.3) is 0 Å². The fourth-order valence-electron chi connectivity index (χ4n) is 2.01. The standard InChI is InChI=1S/C16H18BrNO/c1-12-3-5-13(6-4-12)10-18(2)16-8-7-14(11-19)9-15(16)17/h3-9,19H,10-11H2,1-2H3. The average Bonchev–Trinajstić information content (AvgIpc) is 2.41. The van der Waals surface area contributed by atoms with Crippen LogP contribution in [0.4, 0.5) is 5.69 Å². The van der Waals surface area contributed by atoms with Gasteiger partial charge in [-0.3, -0.25) is 0 Å². The highest BCUT2D eigenvalue weighted by molar-refractivity contribution is 9.10. The number of anilines is 1. The van der Waals surface area contributed by atoms with Crippen molar-refractivity contribution in [3.63, 3.8) is 0 Å². The van der Waals surface area contributed by atoms with Crippen LogP contribution < -0.4 is 4.90 Å². The molecule has 100 valence electrons. The molecule has 2 aromatic rings. The van der Waals surface area contributed by atoms with Gasteiger partial charge in [0.2, 0.25) is 0 Å². The zero-order valence-corrected chi connectivity index (χ0v) is 12.8. The summed E-state index contributed by atoms with van der Waals surface area (Å²) in [5.74, 6) is 0. The first kappa shape index (κ1) is 14.1. The van der Waals surface area contributed by atoms with Crippen LogP contribution in [-0.2, 0) is 13.2 Å². The number of benzene rings is 2. The molecule has 0 bridgehead atoms. The summed E-state index contributed by atoms with van der Waals surface area (Å²) in [6, 6.07) is 14.5. The topological polar surface area (TPSA) is 23.5 Å². The summed E-state index contributed by atoms with van der Waals surface area (Å²) in [5.41, 5.74) is 4.60. The summed E-state index contributed by atoms with van der Waals surface area (Å²) in [5, 5.41) is 9.12. The van der Waals surface area contributed by atoms with Gasteiger partial charge in [-0.05, 0) is 46.1 Å². The van der Waals surface area contributed by atoms with Crippen molar-refractivity contribution in [3.05, 3.63) is 63.6 Å². The fraction of sp³-hybridized carbons (Fsp3) is 0.250. The third-order valence-corrected chi connectivity index (χ3v) is 3.78. The average molecular weight is 320 g/mol. The molecule has 0 aliphatic rings. The molecule has 0 atom stereocenters. The Balaban J connectivity index is 2.15. The molecule has 0 aromatic heterocycles. The van der Waals surface area contributed by atoms with Gasteiger partial charge in [0.15, 0.2) is 0 Å². The molecule has 3 heteroatoms. The molecule has 0 aliphatic heterocycles. The van der Waals surface area contributed by atoms with E-state index in [1.54, 1.807) is 0 Å². The van der Waals surface area contributed by atoms with Crippen LogP contribution >= 0.6 is 15.9 Å². The number of aliphatic hydroxyl groups is 1. The number of aryl methyl sites for hydroxylation is 1. The first-order valence-electron chi connectivity index (χ1n) is 6.26. The second-order valence-electron chi connectivity index (χ2n) is 4.79. The molecule has 2 rings (SSSR count). The van der Waals surface area contributed by atoms with Gasteiger partial charge in [-0.2, -0.15) is 0 Å². The maximum Gasteiger partial charge on any atom is 0.0682 e. The van der Waals surface area contributed by atoms with Crippen LogP contribution in [0.3, 0.4) is 0 Å². The third-order valence-electron chi connectivity index (χ3n) is 3.15. The van der Waals surface area contributed by atoms with Crippen molar-refractivity contribution in [1.82, 2.24) is 0 Å². The van der Waals surface area contributed by atoms with Crippen molar-refractivity contribution in [2.24, 2.45) is 0 Å². The first-order valence-corrected chi connectivity index (χ1v) is 7.05. The lowest BCUT2D eigenvalue weighted by Crippen LogP contribution is -2.16. The second kappa shape index (κ2) is 6.22. The zero-order chi connectivity index (χ0) is 13.8. The van der Waals surface area contributed by atoms with E-state index in [9.17, 15) is 0 Å². The van der Waals surface area contributed by atoms with Crippen molar-refractivity contribution in [1.29, 1.82) is 0 Å². The highest BCUT2D eigenvalue weighted by atomic mass is 79.9. The van der Waals surface area contributed by atoms with Crippen molar-refractivity contribution in [2.45, 2.75) is 20.1 Å². The minimum atomic E-state index is 0.0700. The molecule has 0 radical (unpaired) electrons. The molecule has 19 heavy (non-hydrogen) atoms. The molecule has 0 amide bonds. The Morgan fingerprint density at radius 2 is 1.68 bits per heavy atom. The molecule has 0 spiro atoms. The molecule has 0 heterocycles. The minimum absolute atomic E-state index is 0.0700. The highest BCUT2D eigenvalue weighted by Crippen LogP contribution is 2.27. The highest BCUT2D eigenvalue weighted by Gasteiger charge is 2.07. The Morgan fingerprint density at radius 1 is 1.05 bits per heavy atom. The van der Waals surface area contributed by atoms with Gasteiger partial charge in [-0.15, -0.1) is 0 Å². The van der Waals surface area contributed by atoms with Crippen molar-refractivity contribution < 1.29 is 5.11 Å². The quantitative estimate of drug-likeness (QED) is 0.924. The van der Waals surface area contributed by atoms with E-state index in [1.807, 2.05) is 18.2 Å². The summed E-state index contributed by atoms with van der Waals surface area (Å²) < 4.78 is 1.01. The molecule has 1 N–H and O–H groups in total. The van der Waals surface area contributed by atoms with Crippen molar-refractivity contribution in [2.75, 3.05) is 11.9 Å². The number of halogens is 1. The molecular formula is C16H18BrNO. The van der Waals surface area contributed by atoms with Gasteiger partial charge in [0, 0.05) is 18.1 Å². The SMILES string of the molecule is Cc1ccc(CN(C)c2ccc(CO)cc2Br)cc1. The van der Waals surface area contributed by atoms with Gasteiger partial charge in [0.1, 0.15) is 0 Å². The van der Waals surface area contributed by atoms with Gasteiger partial charge in [-0.25, -0.2) is 0 Å². The molecule has 0 saturated heterocycles. The summed E-state index contributed by atoms with van der Waals surface area (Å²) in [6.45, 7) is 3.02. The Morgan fingerprint density at radius 3 is 2.26 bits per heavy atom. The van der Waals surface area contributed by atoms with E-state index >= 15 is 0 Å². The van der Waals surface area contributed by atoms with Gasteiger partial charge >= 0.3 is 0 Å². The largest absolute Gasteiger partial charge is 0.392 e. The smallest absolute Gasteiger partial charge is 0.0682 e. The first-order chi connectivity index (χ1) is 9.10. The number of hydrogen-bond acceptors (Lipinski definition) is 2. The molecular weight excluding hydrogens is 302 g/mol. The summed E-state index contributed by atoms with van der Waals surface area (Å²) in [4.78, 5) is 2.19. The predicted octanol–water partition coefficient (Wildman–Crippen LogP) is 3.89. The monoisotopic (exact) mass is 319 g/mol. The van der Waals surface area contributed by atoms with Crippen molar-refractivity contribution >= 4 is 21.6 Å². The van der Waals surface area contributed by atoms with E-state index in [2.05, 4.69) is 59.1 Å². The lowest BCUT2D eigenvalue weighted by molar-refractivity contribution is 0.282. The Kier molecular flexibility index (Phi) is 4.61. The molecule has 2 aromatic carbocycles. The van der Waals surface area contributed by atoms with Crippen LogP contribution in [0.15, 0.2) is 46.9 Å². The van der Waals surface area contributed by atoms with E-state index in [4.69, 9.17) is 5.11 Å². The summed E-state index contributed by atoms with van der Waals surface area (Å²) in [7, 11) is 2.07. The zero-order valence-electron chi connectivity index (χ0n) is 11.2. The number of rotatable bonds is 4. The van der Waals surface area contributed by atoms with Gasteiger partial charge in [-0.1, -0.05) is 35.9 Å². The number of aliphatic hydroxyl groups excluding tert-OH is 1. The minimum Gasteiger partial charge on any atom is -0.392 e. The normalized spacial score (nSPS) is 10.5. The van der Waals surface area contributed by atoms with Crippen LogP contribution in [0.25, 0.3) is 0 Å². The lowest BCUT2D eigenvalue weighted by atomic mass is 10.1. The van der Waals surface area contributed by atoms with Gasteiger partial charge in [0.05, 0.1) is 12.3 Å². The number of nitrogens with zero attached hydrogens (tertiary/aromatic N) is 1. The fourth-order valence-corrected chi connectivity index (χ4v) is 2.74. The van der Waals surface area contributed by atoms with Crippen LogP contribution in [0.5, 0.6) is 0 Å². The summed E-state index contributed by atoms with van der Waals surface area (Å²) >= 11 is 3.56. The van der Waals surface area contributed by atoms with Gasteiger partial charge < -0.3 is 10.0 Å². The molecule has 0 aliphatic carbocycles. The van der Waals surface area contributed by atoms with Crippen molar-refractivity contribution in [3.8, 4) is 0 Å². The van der Waals surface area contributed by atoms with E-state index in [-0.39, 0.29) is 6.61 Å². The molecule has 2 nitrogen and oxygen atoms in total. The Hall–Kier alpha value is -1.32. The van der Waals surface area contributed by atoms with E-state index < -0.39 is 0 Å². The van der Waals surface area contributed by atoms with Crippen LogP contribution in [0, 0.1) is 6.92 Å². The maximum atomic E-state index is 9.12. The number of hydrogen-bond donors (Lipinski definition) is 1. The molecule has 0 saturated carbocycles.